The molecule has 0 spiro atoms. The van der Waals surface area contributed by atoms with Gasteiger partial charge in [0.2, 0.25) is 0 Å². The van der Waals surface area contributed by atoms with E-state index in [1.165, 1.54) is 0 Å². The van der Waals surface area contributed by atoms with Gasteiger partial charge in [0.15, 0.2) is 5.78 Å². The summed E-state index contributed by atoms with van der Waals surface area (Å²) < 4.78 is 0. The lowest BCUT2D eigenvalue weighted by molar-refractivity contribution is 0.0972. The highest BCUT2D eigenvalue weighted by Crippen LogP contribution is 2.19. The number of Topliss-reactive ketones (excluding diaryl/α,β-unsaturated/α-hetero) is 1. The Labute approximate surface area is 73.2 Å². The van der Waals surface area contributed by atoms with Crippen molar-refractivity contribution in [2.45, 2.75) is 19.3 Å². The van der Waals surface area contributed by atoms with Gasteiger partial charge in [0, 0.05) is 12.0 Å². The van der Waals surface area contributed by atoms with E-state index < -0.39 is 0 Å². The molecule has 0 aromatic heterocycles. The van der Waals surface area contributed by atoms with Crippen molar-refractivity contribution in [3.8, 4) is 0 Å². The molecule has 0 amide bonds. The highest BCUT2D eigenvalue weighted by atomic mass is 16.1. The van der Waals surface area contributed by atoms with Crippen LogP contribution in [0.2, 0.25) is 0 Å². The average molecular weight is 156 g/mol. The number of ketones is 1. The predicted octanol–water partition coefficient (Wildman–Crippen LogP) is 0.999. The Hall–Kier alpha value is -1.05. The van der Waals surface area contributed by atoms with Crippen LogP contribution in [0.4, 0.5) is 0 Å². The number of carbonyl (C=O) groups excluding carboxylic acids is 1. The first-order valence-corrected chi connectivity index (χ1v) is 4.19. The molecule has 0 saturated carbocycles. The Morgan fingerprint density at radius 1 is 1.25 bits per heavy atom. The molecule has 1 aliphatic carbocycles. The van der Waals surface area contributed by atoms with Crippen LogP contribution < -0.4 is 5.46 Å². The summed E-state index contributed by atoms with van der Waals surface area (Å²) in [5.41, 5.74) is 2.74. The average Bonchev–Trinajstić information content (AvgIpc) is 2.04. The first-order valence-electron chi connectivity index (χ1n) is 4.19. The summed E-state index contributed by atoms with van der Waals surface area (Å²) in [6, 6.07) is 5.54. The molecule has 1 aromatic carbocycles. The van der Waals surface area contributed by atoms with E-state index in [0.717, 1.165) is 29.4 Å². The zero-order valence-electron chi connectivity index (χ0n) is 6.84. The Morgan fingerprint density at radius 3 is 2.92 bits per heavy atom. The fraction of sp³-hybridized carbons (Fsp3) is 0.300. The van der Waals surface area contributed by atoms with Gasteiger partial charge in [0.05, 0.1) is 0 Å². The number of carbonyl (C=O) groups is 1. The van der Waals surface area contributed by atoms with Crippen molar-refractivity contribution >= 4 is 19.1 Å². The van der Waals surface area contributed by atoms with Gasteiger partial charge in [-0.1, -0.05) is 23.7 Å². The molecule has 0 N–H and O–H groups in total. The minimum Gasteiger partial charge on any atom is -0.294 e. The lowest BCUT2D eigenvalue weighted by atomic mass is 9.85. The van der Waals surface area contributed by atoms with Crippen LogP contribution in [0.25, 0.3) is 0 Å². The van der Waals surface area contributed by atoms with Gasteiger partial charge in [-0.05, 0) is 18.4 Å². The molecule has 0 saturated heterocycles. The summed E-state index contributed by atoms with van der Waals surface area (Å²) >= 11 is 0. The van der Waals surface area contributed by atoms with Crippen LogP contribution in [0.15, 0.2) is 18.2 Å². The second-order valence-electron chi connectivity index (χ2n) is 3.19. The fourth-order valence-corrected chi connectivity index (χ4v) is 1.67. The molecule has 2 rings (SSSR count). The van der Waals surface area contributed by atoms with Crippen LogP contribution in [0.1, 0.15) is 28.8 Å². The van der Waals surface area contributed by atoms with E-state index in [-0.39, 0.29) is 5.78 Å². The normalized spacial score (nSPS) is 15.8. The third kappa shape index (κ3) is 1.18. The van der Waals surface area contributed by atoms with E-state index in [9.17, 15) is 4.79 Å². The zero-order chi connectivity index (χ0) is 8.55. The summed E-state index contributed by atoms with van der Waals surface area (Å²) in [6.45, 7) is 0. The molecule has 58 valence electrons. The largest absolute Gasteiger partial charge is 0.294 e. The molecule has 1 aromatic rings. The van der Waals surface area contributed by atoms with Gasteiger partial charge in [-0.3, -0.25) is 4.79 Å². The Balaban J connectivity index is 2.53. The number of aryl methyl sites for hydroxylation is 1. The number of rotatable bonds is 0. The maximum atomic E-state index is 11.4. The van der Waals surface area contributed by atoms with Crippen LogP contribution >= 0.6 is 0 Å². The van der Waals surface area contributed by atoms with Gasteiger partial charge in [-0.15, -0.1) is 0 Å². The third-order valence-electron chi connectivity index (χ3n) is 2.28. The number of fused-ring (bicyclic) bond motifs is 1. The van der Waals surface area contributed by atoms with Crippen LogP contribution in [0, 0.1) is 0 Å². The van der Waals surface area contributed by atoms with Crippen molar-refractivity contribution in [2.75, 3.05) is 0 Å². The second-order valence-corrected chi connectivity index (χ2v) is 3.19. The quantitative estimate of drug-likeness (QED) is 0.512. The third-order valence-corrected chi connectivity index (χ3v) is 2.28. The topological polar surface area (TPSA) is 17.1 Å². The molecular weight excluding hydrogens is 147 g/mol. The van der Waals surface area contributed by atoms with Gasteiger partial charge in [-0.2, -0.15) is 0 Å². The lowest BCUT2D eigenvalue weighted by Gasteiger charge is -2.14. The molecular formula is C10H9BO. The first kappa shape index (κ1) is 7.60. The molecule has 0 aliphatic heterocycles. The van der Waals surface area contributed by atoms with Crippen molar-refractivity contribution in [3.05, 3.63) is 29.3 Å². The monoisotopic (exact) mass is 156 g/mol. The van der Waals surface area contributed by atoms with Gasteiger partial charge in [0.1, 0.15) is 7.85 Å². The smallest absolute Gasteiger partial charge is 0.163 e. The van der Waals surface area contributed by atoms with Gasteiger partial charge in [0.25, 0.3) is 0 Å². The number of hydrogen-bond donors (Lipinski definition) is 0. The zero-order valence-corrected chi connectivity index (χ0v) is 6.84. The maximum Gasteiger partial charge on any atom is 0.163 e. The molecule has 2 radical (unpaired) electrons. The van der Waals surface area contributed by atoms with Crippen molar-refractivity contribution in [2.24, 2.45) is 0 Å². The molecule has 1 nitrogen and oxygen atoms in total. The van der Waals surface area contributed by atoms with Crippen LogP contribution in [-0.2, 0) is 6.42 Å². The number of benzene rings is 1. The summed E-state index contributed by atoms with van der Waals surface area (Å²) in [4.78, 5) is 11.4. The van der Waals surface area contributed by atoms with Crippen molar-refractivity contribution in [1.82, 2.24) is 0 Å². The highest BCUT2D eigenvalue weighted by molar-refractivity contribution is 6.32. The molecule has 12 heavy (non-hydrogen) atoms. The standard InChI is InChI=1S/C10H9BO/c11-8-4-5-9-7(6-8)2-1-3-10(9)12/h4-6H,1-3H2. The fourth-order valence-electron chi connectivity index (χ4n) is 1.67. The minimum absolute atomic E-state index is 0.260. The molecule has 0 fully saturated rings. The molecule has 0 unspecified atom stereocenters. The van der Waals surface area contributed by atoms with E-state index in [1.807, 2.05) is 12.1 Å². The molecule has 0 atom stereocenters. The molecule has 1 aliphatic rings. The first-order chi connectivity index (χ1) is 5.77. The minimum atomic E-state index is 0.260. The van der Waals surface area contributed by atoms with E-state index in [0.29, 0.717) is 6.42 Å². The maximum absolute atomic E-state index is 11.4. The molecule has 2 heteroatoms. The predicted molar refractivity (Wildman–Crippen MR) is 49.1 cm³/mol. The Kier molecular flexibility index (Phi) is 1.76. The second kappa shape index (κ2) is 2.78. The highest BCUT2D eigenvalue weighted by Gasteiger charge is 2.15. The van der Waals surface area contributed by atoms with Crippen LogP contribution in [0.5, 0.6) is 0 Å². The Bertz CT molecular complexity index is 331. The van der Waals surface area contributed by atoms with E-state index in [2.05, 4.69) is 0 Å². The summed E-state index contributed by atoms with van der Waals surface area (Å²) in [6.07, 6.45) is 2.65. The van der Waals surface area contributed by atoms with Gasteiger partial charge < -0.3 is 0 Å². The van der Waals surface area contributed by atoms with E-state index in [1.54, 1.807) is 6.07 Å². The summed E-state index contributed by atoms with van der Waals surface area (Å²) in [5, 5.41) is 0. The number of hydrogen-bond acceptors (Lipinski definition) is 1. The van der Waals surface area contributed by atoms with Crippen molar-refractivity contribution < 1.29 is 4.79 Å². The lowest BCUT2D eigenvalue weighted by Crippen LogP contribution is -2.14. The Morgan fingerprint density at radius 2 is 2.08 bits per heavy atom. The van der Waals surface area contributed by atoms with Gasteiger partial charge in [-0.25, -0.2) is 0 Å². The van der Waals surface area contributed by atoms with E-state index >= 15 is 0 Å². The summed E-state index contributed by atoms with van der Waals surface area (Å²) in [7, 11) is 5.62. The van der Waals surface area contributed by atoms with E-state index in [4.69, 9.17) is 7.85 Å². The van der Waals surface area contributed by atoms with Crippen molar-refractivity contribution in [1.29, 1.82) is 0 Å². The van der Waals surface area contributed by atoms with Crippen LogP contribution in [0.3, 0.4) is 0 Å². The van der Waals surface area contributed by atoms with Crippen LogP contribution in [-0.4, -0.2) is 13.6 Å². The molecule has 0 heterocycles. The summed E-state index contributed by atoms with van der Waals surface area (Å²) in [5.74, 6) is 0.260. The van der Waals surface area contributed by atoms with Gasteiger partial charge >= 0.3 is 0 Å². The molecule has 0 bridgehead atoms. The SMILES string of the molecule is [B]c1ccc2c(c1)CCCC2=O. The van der Waals surface area contributed by atoms with Crippen molar-refractivity contribution in [3.63, 3.8) is 0 Å².